The number of hydrogen-bond donors (Lipinski definition) is 5. The van der Waals surface area contributed by atoms with E-state index in [9.17, 15) is 29.7 Å². The molecule has 0 aromatic heterocycles. The molecule has 0 aliphatic carbocycles. The molecule has 122 heavy (non-hydrogen) atoms. The highest BCUT2D eigenvalue weighted by molar-refractivity contribution is 6.14. The fourth-order valence-corrected chi connectivity index (χ4v) is 14.3. The number of nitrogens with zero attached hydrogens (tertiary/aromatic N) is 4. The summed E-state index contributed by atoms with van der Waals surface area (Å²) in [4.78, 5) is 44.6. The molecule has 15 heteroatoms. The highest BCUT2D eigenvalue weighted by atomic mass is 35.5. The molecule has 0 fully saturated rings. The average Bonchev–Trinajstić information content (AvgIpc) is 0.854. The van der Waals surface area contributed by atoms with Crippen molar-refractivity contribution in [1.29, 1.82) is 0 Å². The highest BCUT2D eigenvalue weighted by Gasteiger charge is 2.25. The minimum absolute atomic E-state index is 0. The van der Waals surface area contributed by atoms with Crippen LogP contribution in [-0.4, -0.2) is 122 Å². The molecule has 0 spiro atoms. The van der Waals surface area contributed by atoms with Gasteiger partial charge in [0.05, 0.1) is 39.1 Å². The zero-order chi connectivity index (χ0) is 88.0. The van der Waals surface area contributed by atoms with Crippen molar-refractivity contribution in [2.75, 3.05) is 20.8 Å². The first kappa shape index (κ1) is 110. The standard InChI is InChI=1S/C32H51NO.C18H21NO2.C18H39NO.C17H21NO.C17H19NO.C4H8ClNO2.CH4/c1-3-4-5-6-7-8-9-10-11-12-13-14-21-26-32(34)29(2)33(27-30-22-17-15-18-23-30)28-31-24-19-16-20-25-31;1-15(18(20)21-2)19(13-16-9-5-3-6-10-16)14-17-11-7-4-8-12-17;1-3-4-5-6-7-8-9-10-11-12-13-14-15-16-18(20)17(2)19;2*1-15(14-19)18(12-16-8-4-2-5-9-16)13-17-10-6-3-7-11-17;1-3(6-5)4(7)8-2;/h15-20,22-25,29,32,34H,3-14,21,26-28H2,1-2H3;3-12,15H,13-14H2,1-2H3;17-18,20H,3-16,19H2,1-2H3;2-11,15,19H,12-14H2,1H3;2-11,14-15H,12-13H2,1H3;3,6H,1-2H3;1H4/t29-,32+;15-;17-,18+;2*15-;3-;/m000000./s1. The second-order valence-electron chi connectivity index (χ2n) is 32.8. The summed E-state index contributed by atoms with van der Waals surface area (Å²) in [6.07, 6.45) is 37.7. The average molecular weight is 1700 g/mol. The van der Waals surface area contributed by atoms with Crippen LogP contribution in [0.4, 0.5) is 0 Å². The van der Waals surface area contributed by atoms with Crippen LogP contribution in [0.3, 0.4) is 0 Å². The van der Waals surface area contributed by atoms with E-state index in [0.29, 0.717) is 13.1 Å². The lowest BCUT2D eigenvalue weighted by Gasteiger charge is -2.32. The lowest BCUT2D eigenvalue weighted by atomic mass is 10.0. The first-order valence-corrected chi connectivity index (χ1v) is 46.2. The first-order valence-electron chi connectivity index (χ1n) is 45.9. The van der Waals surface area contributed by atoms with Gasteiger partial charge in [0.1, 0.15) is 18.4 Å². The Morgan fingerprint density at radius 2 is 0.590 bits per heavy atom. The summed E-state index contributed by atoms with van der Waals surface area (Å²) in [5.74, 6) is -0.568. The number of carbonyl (C=O) groups excluding carboxylic acids is 3. The molecule has 14 nitrogen and oxygen atoms in total. The van der Waals surface area contributed by atoms with Gasteiger partial charge in [-0.1, -0.05) is 431 Å². The van der Waals surface area contributed by atoms with Crippen molar-refractivity contribution >= 4 is 30.0 Å². The minimum atomic E-state index is -0.429. The van der Waals surface area contributed by atoms with Crippen molar-refractivity contribution in [2.45, 2.75) is 343 Å². The molecule has 676 valence electrons. The van der Waals surface area contributed by atoms with Gasteiger partial charge in [-0.15, -0.1) is 0 Å². The smallest absolute Gasteiger partial charge is 0.323 e. The number of hydrogen-bond acceptors (Lipinski definition) is 14. The zero-order valence-corrected chi connectivity index (χ0v) is 76.8. The van der Waals surface area contributed by atoms with Crippen molar-refractivity contribution in [3.05, 3.63) is 287 Å². The van der Waals surface area contributed by atoms with E-state index >= 15 is 0 Å². The molecule has 8 aromatic carbocycles. The van der Waals surface area contributed by atoms with E-state index in [2.05, 4.69) is 215 Å². The van der Waals surface area contributed by atoms with E-state index in [0.717, 1.165) is 71.2 Å². The Balaban J connectivity index is 0.000000513. The Hall–Kier alpha value is -7.70. The van der Waals surface area contributed by atoms with E-state index in [1.54, 1.807) is 6.92 Å². The predicted molar refractivity (Wildman–Crippen MR) is 515 cm³/mol. The van der Waals surface area contributed by atoms with Gasteiger partial charge in [0.25, 0.3) is 0 Å². The molecule has 8 rings (SSSR count). The highest BCUT2D eigenvalue weighted by Crippen LogP contribution is 2.23. The maximum Gasteiger partial charge on any atom is 0.323 e. The lowest BCUT2D eigenvalue weighted by Crippen LogP contribution is -2.40. The van der Waals surface area contributed by atoms with Gasteiger partial charge in [0.2, 0.25) is 0 Å². The number of aliphatic hydroxyl groups is 3. The largest absolute Gasteiger partial charge is 0.468 e. The van der Waals surface area contributed by atoms with Crippen molar-refractivity contribution in [3.8, 4) is 0 Å². The topological polar surface area (TPSA) is 181 Å². The predicted octanol–water partition coefficient (Wildman–Crippen LogP) is 24.6. The molecule has 6 N–H and O–H groups in total. The summed E-state index contributed by atoms with van der Waals surface area (Å²) in [5, 5.41) is 30.0. The quantitative estimate of drug-likeness (QED) is 0.0105. The number of aldehydes is 1. The molecule has 0 heterocycles. The van der Waals surface area contributed by atoms with E-state index in [1.165, 1.54) is 213 Å². The molecule has 8 atom stereocenters. The third-order valence-electron chi connectivity index (χ3n) is 22.2. The fraction of sp³-hybridized carbons (Fsp3) is 0.523. The van der Waals surface area contributed by atoms with Crippen LogP contribution in [0.1, 0.15) is 287 Å². The van der Waals surface area contributed by atoms with E-state index < -0.39 is 6.04 Å². The van der Waals surface area contributed by atoms with Gasteiger partial charge in [-0.25, -0.2) is 4.84 Å². The molecule has 0 aliphatic heterocycles. The molecule has 0 unspecified atom stereocenters. The normalized spacial score (nSPS) is 12.9. The Kier molecular flexibility index (Phi) is 66.6. The number of esters is 2. The van der Waals surface area contributed by atoms with Crippen molar-refractivity contribution < 1.29 is 39.2 Å². The minimum Gasteiger partial charge on any atom is -0.468 e. The number of unbranched alkanes of at least 4 members (excludes halogenated alkanes) is 24. The van der Waals surface area contributed by atoms with Gasteiger partial charge in [0.15, 0.2) is 0 Å². The molecule has 0 saturated carbocycles. The summed E-state index contributed by atoms with van der Waals surface area (Å²) >= 11 is 5.07. The fourth-order valence-electron chi connectivity index (χ4n) is 14.2. The molecular formula is C107H163ClN6O8. The van der Waals surface area contributed by atoms with Crippen LogP contribution in [0, 0.1) is 0 Å². The van der Waals surface area contributed by atoms with Crippen molar-refractivity contribution in [3.63, 3.8) is 0 Å². The van der Waals surface area contributed by atoms with Crippen LogP contribution in [0.2, 0.25) is 0 Å². The Morgan fingerprint density at radius 1 is 0.361 bits per heavy atom. The third kappa shape index (κ3) is 54.1. The summed E-state index contributed by atoms with van der Waals surface area (Å²) in [7, 11) is 2.75. The molecule has 0 amide bonds. The molecule has 0 bridgehead atoms. The van der Waals surface area contributed by atoms with Gasteiger partial charge >= 0.3 is 11.9 Å². The van der Waals surface area contributed by atoms with Gasteiger partial charge < -0.3 is 35.3 Å². The van der Waals surface area contributed by atoms with Crippen LogP contribution in [0.5, 0.6) is 0 Å². The molecular weight excluding hydrogens is 1530 g/mol. The number of halogens is 1. The number of nitrogens with two attached hydrogens (primary N) is 1. The Labute approximate surface area is 746 Å². The maximum atomic E-state index is 11.9. The number of methoxy groups -OCH3 is 2. The van der Waals surface area contributed by atoms with Crippen molar-refractivity contribution in [2.24, 2.45) is 5.73 Å². The van der Waals surface area contributed by atoms with Gasteiger partial charge in [-0.3, -0.25) is 29.2 Å². The summed E-state index contributed by atoms with van der Waals surface area (Å²) in [6, 6.07) is 82.3. The SMILES string of the molecule is C.CCCCCCCCCCCCCCC[C@@H](O)[C@H](C)N.CCCCCCCCCCCCCCC[C@@H](O)[C@H](C)N(Cc1ccccc1)Cc1ccccc1.COC(=O)[C@H](C)N(Cc1ccccc1)Cc1ccccc1.COC(=O)[C@H](C)NCl.C[C@@H](C=O)N(Cc1ccccc1)Cc1ccccc1.C[C@@H](CO)N(Cc1ccccc1)Cc1ccccc1. The number of rotatable bonds is 55. The van der Waals surface area contributed by atoms with E-state index in [-0.39, 0.29) is 68.4 Å². The van der Waals surface area contributed by atoms with Crippen LogP contribution in [0.15, 0.2) is 243 Å². The van der Waals surface area contributed by atoms with Crippen LogP contribution in [-0.2, 0) is 76.2 Å². The van der Waals surface area contributed by atoms with Gasteiger partial charge in [0, 0.05) is 70.5 Å². The van der Waals surface area contributed by atoms with Crippen LogP contribution in [0.25, 0.3) is 0 Å². The first-order chi connectivity index (χ1) is 58.9. The maximum absolute atomic E-state index is 11.9. The Bertz CT molecular complexity index is 3490. The molecule has 0 aliphatic rings. The molecule has 8 aromatic rings. The third-order valence-corrected chi connectivity index (χ3v) is 22.6. The number of ether oxygens (including phenoxy) is 2. The van der Waals surface area contributed by atoms with Gasteiger partial charge in [-0.05, 0) is 111 Å². The summed E-state index contributed by atoms with van der Waals surface area (Å²) < 4.78 is 9.20. The monoisotopic (exact) mass is 1700 g/mol. The zero-order valence-electron chi connectivity index (χ0n) is 76.1. The lowest BCUT2D eigenvalue weighted by molar-refractivity contribution is -0.147. The molecule has 0 saturated heterocycles. The number of aliphatic hydroxyl groups excluding tert-OH is 3. The van der Waals surface area contributed by atoms with E-state index in [4.69, 9.17) is 22.2 Å². The summed E-state index contributed by atoms with van der Waals surface area (Å²) in [5.41, 5.74) is 15.6. The van der Waals surface area contributed by atoms with Crippen LogP contribution >= 0.6 is 11.8 Å². The second kappa shape index (κ2) is 73.6. The van der Waals surface area contributed by atoms with Crippen molar-refractivity contribution in [1.82, 2.24) is 24.4 Å². The number of carbonyl (C=O) groups is 3. The second-order valence-corrected chi connectivity index (χ2v) is 33.0. The number of benzene rings is 8. The number of nitrogens with one attached hydrogen (secondary N) is 1. The van der Waals surface area contributed by atoms with E-state index in [1.807, 2.05) is 106 Å². The summed E-state index contributed by atoms with van der Waals surface area (Å²) in [6.45, 7) is 22.8. The van der Waals surface area contributed by atoms with Crippen LogP contribution < -0.4 is 10.6 Å². The Morgan fingerprint density at radius 3 is 0.811 bits per heavy atom. The van der Waals surface area contributed by atoms with Gasteiger partial charge in [-0.2, -0.15) is 0 Å². The molecule has 0 radical (unpaired) electrons.